The summed E-state index contributed by atoms with van der Waals surface area (Å²) in [6.45, 7) is 4.79. The predicted molar refractivity (Wildman–Crippen MR) is 159 cm³/mol. The molecule has 0 aliphatic heterocycles. The van der Waals surface area contributed by atoms with Crippen molar-refractivity contribution in [1.82, 2.24) is 0 Å². The summed E-state index contributed by atoms with van der Waals surface area (Å²) in [6.07, 6.45) is 18.4. The molecule has 2 rings (SSSR count). The van der Waals surface area contributed by atoms with E-state index >= 15 is 0 Å². The maximum Gasteiger partial charge on any atom is 0.338 e. The molecule has 0 aliphatic rings. The lowest BCUT2D eigenvalue weighted by Crippen LogP contribution is -2.08. The highest BCUT2D eigenvalue weighted by atomic mass is 16.5. The highest BCUT2D eigenvalue weighted by Gasteiger charge is 2.08. The van der Waals surface area contributed by atoms with Crippen molar-refractivity contribution in [1.29, 1.82) is 0 Å². The summed E-state index contributed by atoms with van der Waals surface area (Å²) in [5, 5.41) is 0. The summed E-state index contributed by atoms with van der Waals surface area (Å²) in [4.78, 5) is 36.4. The second-order valence-electron chi connectivity index (χ2n) is 10.1. The van der Waals surface area contributed by atoms with E-state index in [2.05, 4.69) is 13.8 Å². The first-order chi connectivity index (χ1) is 19.5. The molecule has 0 amide bonds. The van der Waals surface area contributed by atoms with Gasteiger partial charge in [0.25, 0.3) is 0 Å². The number of hydrogen-bond acceptors (Lipinski definition) is 6. The second-order valence-corrected chi connectivity index (χ2v) is 10.1. The normalized spacial score (nSPS) is 10.9. The Morgan fingerprint density at radius 2 is 1.15 bits per heavy atom. The van der Waals surface area contributed by atoms with Gasteiger partial charge in [0, 0.05) is 12.5 Å². The van der Waals surface area contributed by atoms with Gasteiger partial charge in [0.15, 0.2) is 0 Å². The Morgan fingerprint density at radius 3 is 1.75 bits per heavy atom. The van der Waals surface area contributed by atoms with Crippen LogP contribution in [0.15, 0.2) is 54.6 Å². The van der Waals surface area contributed by atoms with Crippen LogP contribution in [0.4, 0.5) is 0 Å². The quantitative estimate of drug-likeness (QED) is 0.0709. The van der Waals surface area contributed by atoms with E-state index in [-0.39, 0.29) is 11.9 Å². The van der Waals surface area contributed by atoms with Crippen LogP contribution in [-0.2, 0) is 14.3 Å². The molecule has 2 aromatic rings. The number of unbranched alkanes of at least 4 members (excludes halogenated alkanes) is 11. The molecule has 40 heavy (non-hydrogen) atoms. The molecule has 6 nitrogen and oxygen atoms in total. The largest absolute Gasteiger partial charge is 0.462 e. The number of benzene rings is 2. The molecule has 0 aliphatic carbocycles. The third-order valence-electron chi connectivity index (χ3n) is 6.55. The molecule has 0 saturated heterocycles. The Hall–Kier alpha value is -3.41. The minimum Gasteiger partial charge on any atom is -0.462 e. The minimum absolute atomic E-state index is 0.262. The Labute approximate surface area is 240 Å². The number of ether oxygens (including phenoxy) is 3. The second kappa shape index (κ2) is 20.5. The fourth-order valence-electron chi connectivity index (χ4n) is 4.16. The Bertz CT molecular complexity index is 1020. The summed E-state index contributed by atoms with van der Waals surface area (Å²) in [5.41, 5.74) is 1.24. The van der Waals surface area contributed by atoms with Crippen LogP contribution in [0.3, 0.4) is 0 Å². The molecular weight excluding hydrogens is 504 g/mol. The van der Waals surface area contributed by atoms with Crippen molar-refractivity contribution in [3.63, 3.8) is 0 Å². The number of esters is 3. The SMILES string of the molecule is CCCCCCCCCCCOC(=O)c1ccc(C=CC(=O)Oc2ccc(OC(=O)CCCCCC)cc2)cc1. The molecule has 0 fully saturated rings. The molecule has 0 spiro atoms. The highest BCUT2D eigenvalue weighted by molar-refractivity contribution is 5.91. The fourth-order valence-corrected chi connectivity index (χ4v) is 4.16. The average molecular weight is 551 g/mol. The molecule has 0 aromatic heterocycles. The molecule has 0 atom stereocenters. The van der Waals surface area contributed by atoms with Gasteiger partial charge < -0.3 is 14.2 Å². The Balaban J connectivity index is 1.65. The van der Waals surface area contributed by atoms with Gasteiger partial charge in [-0.2, -0.15) is 0 Å². The van der Waals surface area contributed by atoms with Gasteiger partial charge in [-0.1, -0.05) is 96.6 Å². The van der Waals surface area contributed by atoms with Gasteiger partial charge in [-0.3, -0.25) is 4.79 Å². The summed E-state index contributed by atoms with van der Waals surface area (Å²) < 4.78 is 16.0. The zero-order valence-electron chi connectivity index (χ0n) is 24.3. The summed E-state index contributed by atoms with van der Waals surface area (Å²) in [7, 11) is 0. The van der Waals surface area contributed by atoms with Crippen molar-refractivity contribution in [2.45, 2.75) is 104 Å². The van der Waals surface area contributed by atoms with Crippen molar-refractivity contribution in [2.24, 2.45) is 0 Å². The van der Waals surface area contributed by atoms with Crippen LogP contribution in [-0.4, -0.2) is 24.5 Å². The van der Waals surface area contributed by atoms with Crippen LogP contribution in [0.5, 0.6) is 11.5 Å². The summed E-state index contributed by atoms with van der Waals surface area (Å²) in [6, 6.07) is 13.3. The lowest BCUT2D eigenvalue weighted by molar-refractivity contribution is -0.134. The first-order valence-corrected chi connectivity index (χ1v) is 15.0. The zero-order valence-corrected chi connectivity index (χ0v) is 24.3. The number of hydrogen-bond donors (Lipinski definition) is 0. The predicted octanol–water partition coefficient (Wildman–Crippen LogP) is 8.87. The fraction of sp³-hybridized carbons (Fsp3) is 0.500. The third kappa shape index (κ3) is 14.7. The molecule has 0 unspecified atom stereocenters. The van der Waals surface area contributed by atoms with Crippen molar-refractivity contribution in [3.05, 3.63) is 65.7 Å². The maximum absolute atomic E-state index is 12.3. The van der Waals surface area contributed by atoms with Crippen molar-refractivity contribution in [2.75, 3.05) is 6.61 Å². The number of carbonyl (C=O) groups is 3. The van der Waals surface area contributed by atoms with Gasteiger partial charge in [-0.25, -0.2) is 9.59 Å². The van der Waals surface area contributed by atoms with Crippen LogP contribution in [0, 0.1) is 0 Å². The van der Waals surface area contributed by atoms with Gasteiger partial charge in [-0.15, -0.1) is 0 Å². The summed E-state index contributed by atoms with van der Waals surface area (Å²) in [5.74, 6) is -0.364. The van der Waals surface area contributed by atoms with Crippen LogP contribution < -0.4 is 9.47 Å². The van der Waals surface area contributed by atoms with Gasteiger partial charge in [-0.05, 0) is 60.9 Å². The molecule has 0 radical (unpaired) electrons. The first kappa shape index (κ1) is 32.8. The van der Waals surface area contributed by atoms with E-state index in [4.69, 9.17) is 14.2 Å². The minimum atomic E-state index is -0.537. The standard InChI is InChI=1S/C34H46O6/c1-3-5-7-9-10-11-12-13-15-27-38-34(37)29-20-17-28(18-21-29)19-26-33(36)40-31-24-22-30(23-25-31)39-32(35)16-14-8-6-4-2/h17-26H,3-16,27H2,1-2H3. The zero-order chi connectivity index (χ0) is 28.8. The van der Waals surface area contributed by atoms with E-state index in [1.165, 1.54) is 51.0 Å². The van der Waals surface area contributed by atoms with Gasteiger partial charge >= 0.3 is 17.9 Å². The van der Waals surface area contributed by atoms with E-state index in [0.29, 0.717) is 30.1 Å². The van der Waals surface area contributed by atoms with Crippen molar-refractivity contribution < 1.29 is 28.6 Å². The highest BCUT2D eigenvalue weighted by Crippen LogP contribution is 2.19. The lowest BCUT2D eigenvalue weighted by atomic mass is 10.1. The van der Waals surface area contributed by atoms with E-state index < -0.39 is 5.97 Å². The number of rotatable bonds is 20. The van der Waals surface area contributed by atoms with Crippen LogP contribution >= 0.6 is 0 Å². The van der Waals surface area contributed by atoms with Crippen molar-refractivity contribution in [3.8, 4) is 11.5 Å². The van der Waals surface area contributed by atoms with Crippen LogP contribution in [0.1, 0.15) is 120 Å². The molecule has 0 saturated carbocycles. The Morgan fingerprint density at radius 1 is 0.625 bits per heavy atom. The molecule has 0 N–H and O–H groups in total. The third-order valence-corrected chi connectivity index (χ3v) is 6.55. The first-order valence-electron chi connectivity index (χ1n) is 15.0. The number of carbonyl (C=O) groups excluding carboxylic acids is 3. The van der Waals surface area contributed by atoms with Crippen molar-refractivity contribution >= 4 is 24.0 Å². The van der Waals surface area contributed by atoms with E-state index in [0.717, 1.165) is 44.1 Å². The van der Waals surface area contributed by atoms with Gasteiger partial charge in [0.2, 0.25) is 0 Å². The molecule has 2 aromatic carbocycles. The lowest BCUT2D eigenvalue weighted by Gasteiger charge is -2.06. The molecule has 0 bridgehead atoms. The maximum atomic E-state index is 12.3. The monoisotopic (exact) mass is 550 g/mol. The molecule has 218 valence electrons. The van der Waals surface area contributed by atoms with Gasteiger partial charge in [0.05, 0.1) is 12.2 Å². The van der Waals surface area contributed by atoms with Gasteiger partial charge in [0.1, 0.15) is 11.5 Å². The van der Waals surface area contributed by atoms with E-state index in [1.54, 1.807) is 54.6 Å². The molecule has 0 heterocycles. The van der Waals surface area contributed by atoms with E-state index in [1.807, 2.05) is 0 Å². The molecular formula is C34H46O6. The van der Waals surface area contributed by atoms with Crippen LogP contribution in [0.2, 0.25) is 0 Å². The Kier molecular flexibility index (Phi) is 16.8. The van der Waals surface area contributed by atoms with Crippen LogP contribution in [0.25, 0.3) is 6.08 Å². The molecule has 6 heteroatoms. The average Bonchev–Trinajstić information content (AvgIpc) is 2.96. The van der Waals surface area contributed by atoms with E-state index in [9.17, 15) is 14.4 Å². The smallest absolute Gasteiger partial charge is 0.338 e. The summed E-state index contributed by atoms with van der Waals surface area (Å²) >= 11 is 0. The topological polar surface area (TPSA) is 78.9 Å².